The van der Waals surface area contributed by atoms with Crippen molar-refractivity contribution < 1.29 is 49.4 Å². The maximum Gasteiger partial charge on any atom is 1.00 e. The van der Waals surface area contributed by atoms with Crippen LogP contribution in [0, 0.1) is 11.8 Å². The third kappa shape index (κ3) is 3.06. The Kier molecular flexibility index (Phi) is 5.87. The molecule has 0 aromatic carbocycles. The molecular formula is C16H18N3NaO4S2. The van der Waals surface area contributed by atoms with E-state index in [0.717, 1.165) is 17.5 Å². The number of carbonyl (C=O) groups is 2. The van der Waals surface area contributed by atoms with Crippen molar-refractivity contribution in [2.45, 2.75) is 42.9 Å². The van der Waals surface area contributed by atoms with E-state index in [1.54, 1.807) is 24.9 Å². The number of aliphatic hydroxyl groups excluding tert-OH is 1. The second-order valence-corrected chi connectivity index (χ2v) is 9.00. The first kappa shape index (κ1) is 20.3. The van der Waals surface area contributed by atoms with Crippen molar-refractivity contribution >= 4 is 35.4 Å². The predicted octanol–water partition coefficient (Wildman–Crippen LogP) is -3.09. The summed E-state index contributed by atoms with van der Waals surface area (Å²) in [5, 5.41) is 22.7. The van der Waals surface area contributed by atoms with E-state index in [2.05, 4.69) is 9.55 Å². The molecule has 1 saturated heterocycles. The van der Waals surface area contributed by atoms with Crippen LogP contribution in [0.1, 0.15) is 13.8 Å². The van der Waals surface area contributed by atoms with E-state index in [1.807, 2.05) is 13.1 Å². The van der Waals surface area contributed by atoms with E-state index in [1.165, 1.54) is 16.7 Å². The maximum absolute atomic E-state index is 12.3. The molecule has 10 heteroatoms. The van der Waals surface area contributed by atoms with Crippen LogP contribution in [0.15, 0.2) is 28.2 Å². The van der Waals surface area contributed by atoms with E-state index in [-0.39, 0.29) is 58.4 Å². The first-order chi connectivity index (χ1) is 11.9. The van der Waals surface area contributed by atoms with Gasteiger partial charge in [-0.1, -0.05) is 18.7 Å². The summed E-state index contributed by atoms with van der Waals surface area (Å²) in [6, 6.07) is -0.289. The number of hydrogen-bond acceptors (Lipinski definition) is 7. The van der Waals surface area contributed by atoms with Gasteiger partial charge in [-0.05, 0) is 6.92 Å². The van der Waals surface area contributed by atoms with Crippen molar-refractivity contribution in [1.82, 2.24) is 14.5 Å². The number of aliphatic carboxylic acids is 1. The van der Waals surface area contributed by atoms with Gasteiger partial charge < -0.3 is 24.5 Å². The van der Waals surface area contributed by atoms with Crippen LogP contribution >= 0.6 is 23.5 Å². The molecule has 0 unspecified atom stereocenters. The van der Waals surface area contributed by atoms with E-state index in [0.29, 0.717) is 4.91 Å². The van der Waals surface area contributed by atoms with Gasteiger partial charge in [0.2, 0.25) is 5.91 Å². The predicted molar refractivity (Wildman–Crippen MR) is 91.3 cm³/mol. The Morgan fingerprint density at radius 1 is 1.54 bits per heavy atom. The molecule has 3 aliphatic rings. The number of β-lactam (4-membered cyclic amide) rings is 1. The van der Waals surface area contributed by atoms with Crippen molar-refractivity contribution in [1.29, 1.82) is 0 Å². The van der Waals surface area contributed by atoms with Crippen LogP contribution < -0.4 is 34.7 Å². The fourth-order valence-corrected chi connectivity index (χ4v) is 6.53. The molecule has 0 aliphatic carbocycles. The van der Waals surface area contributed by atoms with Crippen LogP contribution in [0.4, 0.5) is 0 Å². The molecular weight excluding hydrogens is 385 g/mol. The van der Waals surface area contributed by atoms with Gasteiger partial charge in [0.15, 0.2) is 5.16 Å². The summed E-state index contributed by atoms with van der Waals surface area (Å²) >= 11 is 3.16. The van der Waals surface area contributed by atoms with Crippen LogP contribution in [-0.4, -0.2) is 54.6 Å². The SMILES string of the molecule is C[C@@H](O)[C@H]1C(=O)N2C(C(=O)[O-])=C(S[C@@H]3CSc4nccn4C3)[C@H](C)[C@H]12.[Na+]. The number of aliphatic hydroxyl groups is 1. The number of imidazole rings is 1. The van der Waals surface area contributed by atoms with Gasteiger partial charge in [-0.25, -0.2) is 4.98 Å². The number of nitrogens with zero attached hydrogens (tertiary/aromatic N) is 3. The van der Waals surface area contributed by atoms with Crippen LogP contribution in [0.3, 0.4) is 0 Å². The Morgan fingerprint density at radius 2 is 2.27 bits per heavy atom. The molecule has 4 rings (SSSR count). The molecule has 0 saturated carbocycles. The molecule has 0 spiro atoms. The fraction of sp³-hybridized carbons (Fsp3) is 0.562. The third-order valence-electron chi connectivity index (χ3n) is 5.07. The summed E-state index contributed by atoms with van der Waals surface area (Å²) in [5.74, 6) is -1.47. The van der Waals surface area contributed by atoms with Gasteiger partial charge >= 0.3 is 29.6 Å². The number of carbonyl (C=O) groups excluding carboxylic acids is 2. The monoisotopic (exact) mass is 403 g/mol. The molecule has 0 bridgehead atoms. The number of carboxylic acid groups (broad SMARTS) is 1. The average molecular weight is 403 g/mol. The minimum absolute atomic E-state index is 0. The second-order valence-electron chi connectivity index (χ2n) is 6.67. The molecule has 1 N–H and O–H groups in total. The van der Waals surface area contributed by atoms with Crippen molar-refractivity contribution in [3.8, 4) is 0 Å². The van der Waals surface area contributed by atoms with Gasteiger partial charge in [-0.15, -0.1) is 11.8 Å². The van der Waals surface area contributed by atoms with Gasteiger partial charge in [-0.3, -0.25) is 4.79 Å². The summed E-state index contributed by atoms with van der Waals surface area (Å²) in [5.41, 5.74) is -0.00849. The Hall–Kier alpha value is -0.450. The van der Waals surface area contributed by atoms with Crippen LogP contribution in [0.25, 0.3) is 0 Å². The Morgan fingerprint density at radius 3 is 2.92 bits per heavy atom. The standard InChI is InChI=1S/C16H19N3O4S2.Na/c1-7-11-10(8(2)20)14(21)19(11)12(15(22)23)13(7)25-9-5-18-4-3-17-16(18)24-6-9;/h3-4,7-11,20H,5-6H2,1-2H3,(H,22,23);/q;+1/p-1/t7-,8-,9+,10-,11-;/m1./s1. The summed E-state index contributed by atoms with van der Waals surface area (Å²) in [7, 11) is 0. The van der Waals surface area contributed by atoms with Gasteiger partial charge in [0, 0.05) is 40.8 Å². The smallest absolute Gasteiger partial charge is 0.543 e. The van der Waals surface area contributed by atoms with Gasteiger partial charge in [0.05, 0.1) is 29.7 Å². The number of thioether (sulfide) groups is 2. The average Bonchev–Trinajstić information content (AvgIpc) is 3.09. The molecule has 134 valence electrons. The fourth-order valence-electron chi connectivity index (χ4n) is 3.93. The Labute approximate surface area is 181 Å². The van der Waals surface area contributed by atoms with Crippen LogP contribution in [0.5, 0.6) is 0 Å². The quantitative estimate of drug-likeness (QED) is 0.420. The molecule has 3 aliphatic heterocycles. The number of aromatic nitrogens is 2. The number of fused-ring (bicyclic) bond motifs is 2. The van der Waals surface area contributed by atoms with Crippen molar-refractivity contribution in [2.24, 2.45) is 11.8 Å². The first-order valence-corrected chi connectivity index (χ1v) is 10.0. The second kappa shape index (κ2) is 7.52. The molecule has 26 heavy (non-hydrogen) atoms. The van der Waals surface area contributed by atoms with Crippen molar-refractivity contribution in [3.63, 3.8) is 0 Å². The van der Waals surface area contributed by atoms with Gasteiger partial charge in [0.1, 0.15) is 0 Å². The van der Waals surface area contributed by atoms with E-state index in [4.69, 9.17) is 0 Å². The minimum Gasteiger partial charge on any atom is -0.543 e. The molecule has 0 radical (unpaired) electrons. The summed E-state index contributed by atoms with van der Waals surface area (Å²) < 4.78 is 2.06. The number of rotatable bonds is 4. The van der Waals surface area contributed by atoms with E-state index in [9.17, 15) is 19.8 Å². The Balaban J connectivity index is 0.00000196. The largest absolute Gasteiger partial charge is 1.00 e. The molecule has 1 amide bonds. The van der Waals surface area contributed by atoms with E-state index < -0.39 is 18.0 Å². The number of carboxylic acids is 1. The Bertz CT molecular complexity index is 781. The van der Waals surface area contributed by atoms with E-state index >= 15 is 0 Å². The van der Waals surface area contributed by atoms with Crippen molar-refractivity contribution in [3.05, 3.63) is 23.0 Å². The first-order valence-electron chi connectivity index (χ1n) is 8.17. The van der Waals surface area contributed by atoms with Crippen LogP contribution in [0.2, 0.25) is 0 Å². The number of hydrogen-bond donors (Lipinski definition) is 1. The topological polar surface area (TPSA) is 98.5 Å². The zero-order valence-corrected chi connectivity index (χ0v) is 18.4. The zero-order valence-electron chi connectivity index (χ0n) is 14.8. The molecule has 1 fully saturated rings. The molecule has 7 nitrogen and oxygen atoms in total. The van der Waals surface area contributed by atoms with Crippen molar-refractivity contribution in [2.75, 3.05) is 5.75 Å². The van der Waals surface area contributed by atoms with Crippen LogP contribution in [-0.2, 0) is 16.1 Å². The minimum atomic E-state index is -1.32. The van der Waals surface area contributed by atoms with Gasteiger partial charge in [-0.2, -0.15) is 0 Å². The zero-order chi connectivity index (χ0) is 17.9. The molecule has 5 atom stereocenters. The summed E-state index contributed by atoms with van der Waals surface area (Å²) in [4.78, 5) is 30.3. The maximum atomic E-state index is 12.3. The normalized spacial score (nSPS) is 31.0. The third-order valence-corrected chi connectivity index (χ3v) is 7.92. The summed E-state index contributed by atoms with van der Waals surface area (Å²) in [6.07, 6.45) is 2.89. The molecule has 1 aromatic rings. The summed E-state index contributed by atoms with van der Waals surface area (Å²) in [6.45, 7) is 4.26. The molecule has 1 aromatic heterocycles. The molecule has 4 heterocycles. The van der Waals surface area contributed by atoms with Gasteiger partial charge in [0.25, 0.3) is 0 Å². The number of amides is 1.